The Morgan fingerprint density at radius 2 is 1.85 bits per heavy atom. The van der Waals surface area contributed by atoms with Crippen molar-refractivity contribution in [3.63, 3.8) is 0 Å². The Balaban J connectivity index is 1.83. The maximum atomic E-state index is 13.2. The molecule has 0 aromatic carbocycles. The first kappa shape index (κ1) is 17.2. The summed E-state index contributed by atoms with van der Waals surface area (Å²) in [6, 6.07) is -0.351. The van der Waals surface area contributed by atoms with Crippen LogP contribution in [0, 0.1) is 19.8 Å². The molecule has 1 saturated heterocycles. The SMILES string of the molecule is Cc1c(C)[n+]2c(n1C1CCCC1)N=C1C2C(=O)N(CC(C)C)C(=O)N1C. The van der Waals surface area contributed by atoms with Crippen molar-refractivity contribution >= 4 is 23.7 Å². The number of hydrogen-bond donors (Lipinski definition) is 0. The smallest absolute Gasteiger partial charge is 0.270 e. The fourth-order valence-electron chi connectivity index (χ4n) is 4.59. The largest absolute Gasteiger partial charge is 0.402 e. The summed E-state index contributed by atoms with van der Waals surface area (Å²) >= 11 is 0. The predicted molar refractivity (Wildman–Crippen MR) is 97.4 cm³/mol. The summed E-state index contributed by atoms with van der Waals surface area (Å²) in [6.45, 7) is 8.64. The molecule has 1 atom stereocenters. The van der Waals surface area contributed by atoms with Crippen molar-refractivity contribution in [3.8, 4) is 0 Å². The van der Waals surface area contributed by atoms with E-state index in [2.05, 4.69) is 18.4 Å². The van der Waals surface area contributed by atoms with Gasteiger partial charge in [-0.15, -0.1) is 0 Å². The molecule has 26 heavy (non-hydrogen) atoms. The number of imidazole rings is 1. The lowest BCUT2D eigenvalue weighted by atomic mass is 10.1. The van der Waals surface area contributed by atoms with Gasteiger partial charge in [0.2, 0.25) is 11.9 Å². The number of carbonyl (C=O) groups is 2. The van der Waals surface area contributed by atoms with Crippen LogP contribution in [0.15, 0.2) is 4.99 Å². The number of carbonyl (C=O) groups excluding carboxylic acids is 2. The average molecular weight is 358 g/mol. The highest BCUT2D eigenvalue weighted by Crippen LogP contribution is 2.38. The first-order valence-corrected chi connectivity index (χ1v) is 9.63. The van der Waals surface area contributed by atoms with Gasteiger partial charge in [0.1, 0.15) is 11.4 Å². The van der Waals surface area contributed by atoms with Gasteiger partial charge in [-0.25, -0.2) is 13.9 Å². The zero-order valence-electron chi connectivity index (χ0n) is 16.3. The first-order valence-electron chi connectivity index (χ1n) is 9.63. The monoisotopic (exact) mass is 358 g/mol. The van der Waals surface area contributed by atoms with Gasteiger partial charge in [-0.1, -0.05) is 18.8 Å². The van der Waals surface area contributed by atoms with Crippen LogP contribution in [0.4, 0.5) is 10.7 Å². The zero-order valence-corrected chi connectivity index (χ0v) is 16.3. The molecule has 2 aliphatic heterocycles. The lowest BCUT2D eigenvalue weighted by Gasteiger charge is -2.34. The third kappa shape index (κ3) is 2.25. The molecule has 1 aromatic heterocycles. The van der Waals surface area contributed by atoms with Crippen molar-refractivity contribution in [2.24, 2.45) is 10.9 Å². The lowest BCUT2D eigenvalue weighted by molar-refractivity contribution is -0.683. The molecule has 1 aromatic rings. The fourth-order valence-corrected chi connectivity index (χ4v) is 4.59. The van der Waals surface area contributed by atoms with Gasteiger partial charge in [0.25, 0.3) is 5.91 Å². The number of aromatic nitrogens is 2. The Labute approximate surface area is 154 Å². The van der Waals surface area contributed by atoms with Crippen LogP contribution in [0.25, 0.3) is 0 Å². The summed E-state index contributed by atoms with van der Waals surface area (Å²) in [4.78, 5) is 33.7. The average Bonchev–Trinajstić information content (AvgIpc) is 3.28. The number of amides is 3. The molecule has 3 aliphatic rings. The van der Waals surface area contributed by atoms with Crippen LogP contribution in [0.1, 0.15) is 63.0 Å². The van der Waals surface area contributed by atoms with Crippen LogP contribution in [0.2, 0.25) is 0 Å². The number of hydrogen-bond acceptors (Lipinski definition) is 3. The molecule has 7 heteroatoms. The Morgan fingerprint density at radius 3 is 2.46 bits per heavy atom. The van der Waals surface area contributed by atoms with Crippen LogP contribution in [0.3, 0.4) is 0 Å². The molecule has 3 amide bonds. The molecule has 3 heterocycles. The van der Waals surface area contributed by atoms with Gasteiger partial charge in [-0.05, 0) is 45.4 Å². The number of nitrogens with zero attached hydrogens (tertiary/aromatic N) is 5. The second kappa shape index (κ2) is 5.93. The fraction of sp³-hybridized carbons (Fsp3) is 0.684. The molecule has 0 radical (unpaired) electrons. The van der Waals surface area contributed by atoms with E-state index in [0.29, 0.717) is 18.4 Å². The number of fused-ring (bicyclic) bond motifs is 3. The Hall–Kier alpha value is -2.18. The van der Waals surface area contributed by atoms with Gasteiger partial charge >= 0.3 is 12.0 Å². The molecule has 2 fully saturated rings. The molecule has 4 rings (SSSR count). The number of likely N-dealkylation sites (N-methyl/N-ethyl adjacent to an activating group) is 1. The van der Waals surface area contributed by atoms with Crippen LogP contribution in [-0.2, 0) is 4.79 Å². The predicted octanol–water partition coefficient (Wildman–Crippen LogP) is 2.64. The van der Waals surface area contributed by atoms with Crippen LogP contribution < -0.4 is 4.57 Å². The normalized spacial score (nSPS) is 23.2. The van der Waals surface area contributed by atoms with Crippen molar-refractivity contribution in [3.05, 3.63) is 11.4 Å². The van der Waals surface area contributed by atoms with Crippen LogP contribution in [0.5, 0.6) is 0 Å². The van der Waals surface area contributed by atoms with Crippen molar-refractivity contribution < 1.29 is 14.2 Å². The van der Waals surface area contributed by atoms with Gasteiger partial charge < -0.3 is 0 Å². The first-order chi connectivity index (χ1) is 12.3. The van der Waals surface area contributed by atoms with E-state index in [1.165, 1.54) is 23.4 Å². The molecule has 1 aliphatic carbocycles. The van der Waals surface area contributed by atoms with E-state index in [9.17, 15) is 9.59 Å². The minimum Gasteiger partial charge on any atom is -0.270 e. The van der Waals surface area contributed by atoms with E-state index >= 15 is 0 Å². The van der Waals surface area contributed by atoms with E-state index in [1.807, 2.05) is 18.4 Å². The topological polar surface area (TPSA) is 61.8 Å². The minimum absolute atomic E-state index is 0.157. The lowest BCUT2D eigenvalue weighted by Crippen LogP contribution is -2.63. The van der Waals surface area contributed by atoms with E-state index in [1.54, 1.807) is 11.9 Å². The van der Waals surface area contributed by atoms with E-state index in [-0.39, 0.29) is 17.9 Å². The number of rotatable bonds is 3. The Morgan fingerprint density at radius 1 is 1.19 bits per heavy atom. The zero-order chi connectivity index (χ0) is 18.7. The molecular weight excluding hydrogens is 330 g/mol. The van der Waals surface area contributed by atoms with Gasteiger partial charge in [-0.3, -0.25) is 14.6 Å². The Kier molecular flexibility index (Phi) is 3.93. The van der Waals surface area contributed by atoms with Crippen molar-refractivity contribution in [1.82, 2.24) is 14.4 Å². The molecule has 1 unspecified atom stereocenters. The quantitative estimate of drug-likeness (QED) is 0.780. The molecule has 1 saturated carbocycles. The molecular formula is C19H28N5O2+. The van der Waals surface area contributed by atoms with E-state index in [0.717, 1.165) is 24.5 Å². The third-order valence-electron chi connectivity index (χ3n) is 5.99. The van der Waals surface area contributed by atoms with E-state index < -0.39 is 6.04 Å². The summed E-state index contributed by atoms with van der Waals surface area (Å²) in [5.41, 5.74) is 2.24. The van der Waals surface area contributed by atoms with E-state index in [4.69, 9.17) is 4.99 Å². The third-order valence-corrected chi connectivity index (χ3v) is 5.99. The number of urea groups is 1. The molecule has 7 nitrogen and oxygen atoms in total. The summed E-state index contributed by atoms with van der Waals surface area (Å²) in [5.74, 6) is 1.46. The summed E-state index contributed by atoms with van der Waals surface area (Å²) < 4.78 is 4.34. The summed E-state index contributed by atoms with van der Waals surface area (Å²) in [6.07, 6.45) is 4.78. The van der Waals surface area contributed by atoms with Gasteiger partial charge in [0, 0.05) is 13.6 Å². The maximum absolute atomic E-state index is 13.2. The van der Waals surface area contributed by atoms with Crippen LogP contribution in [-0.4, -0.2) is 45.7 Å². The number of amidine groups is 1. The highest BCUT2D eigenvalue weighted by Gasteiger charge is 2.54. The maximum Gasteiger partial charge on any atom is 0.402 e. The van der Waals surface area contributed by atoms with Gasteiger partial charge in [-0.2, -0.15) is 0 Å². The standard InChI is InChI=1S/C19H28N5O2/c1-11(2)10-22-17(25)15-16(21(5)19(22)26)20-18-23(14-8-6-7-9-14)12(3)13(4)24(15)18/h11,14-15H,6-10H2,1-5H3/q+1. The van der Waals surface area contributed by atoms with Crippen molar-refractivity contribution in [1.29, 1.82) is 0 Å². The summed E-state index contributed by atoms with van der Waals surface area (Å²) in [7, 11) is 1.72. The second-order valence-electron chi connectivity index (χ2n) is 8.21. The van der Waals surface area contributed by atoms with Gasteiger partial charge in [0.15, 0.2) is 0 Å². The highest BCUT2D eigenvalue weighted by molar-refractivity contribution is 6.19. The number of imide groups is 1. The Bertz CT molecular complexity index is 816. The number of aliphatic imine (C=N–C) groups is 1. The van der Waals surface area contributed by atoms with Crippen molar-refractivity contribution in [2.45, 2.75) is 65.5 Å². The van der Waals surface area contributed by atoms with Crippen molar-refractivity contribution in [2.75, 3.05) is 13.6 Å². The second-order valence-corrected chi connectivity index (χ2v) is 8.21. The molecule has 0 N–H and O–H groups in total. The molecule has 0 bridgehead atoms. The highest BCUT2D eigenvalue weighted by atomic mass is 16.2. The van der Waals surface area contributed by atoms with Crippen LogP contribution >= 0.6 is 0 Å². The summed E-state index contributed by atoms with van der Waals surface area (Å²) in [5, 5.41) is 0. The molecule has 140 valence electrons. The molecule has 0 spiro atoms. The van der Waals surface area contributed by atoms with Gasteiger partial charge in [0.05, 0.1) is 6.04 Å². The minimum atomic E-state index is -0.521.